The molecule has 2 aromatic carbocycles. The van der Waals surface area contributed by atoms with Gasteiger partial charge in [0.2, 0.25) is 0 Å². The van der Waals surface area contributed by atoms with E-state index in [4.69, 9.17) is 4.74 Å². The summed E-state index contributed by atoms with van der Waals surface area (Å²) in [6.07, 6.45) is 5.36. The Labute approximate surface area is 213 Å². The number of carbonyl (C=O) groups excluding carboxylic acids is 2. The first-order chi connectivity index (χ1) is 18.2. The van der Waals surface area contributed by atoms with Crippen molar-refractivity contribution in [3.63, 3.8) is 0 Å². The highest BCUT2D eigenvalue weighted by molar-refractivity contribution is 5.99. The minimum absolute atomic E-state index is 0.152. The van der Waals surface area contributed by atoms with E-state index in [1.165, 1.54) is 0 Å². The topological polar surface area (TPSA) is 43.4 Å². The molecule has 18 atom stereocenters. The van der Waals surface area contributed by atoms with Crippen LogP contribution in [0.2, 0.25) is 0 Å². The third-order valence-corrected chi connectivity index (χ3v) is 16.7. The summed E-state index contributed by atoms with van der Waals surface area (Å²) in [4.78, 5) is 27.2. The quantitative estimate of drug-likeness (QED) is 0.314. The summed E-state index contributed by atoms with van der Waals surface area (Å²) in [5.41, 5.74) is 7.62. The van der Waals surface area contributed by atoms with Crippen LogP contribution in [0.15, 0.2) is 60.7 Å². The number of rotatable bonds is 0. The number of allylic oxidation sites excluding steroid dienone is 2. The highest BCUT2D eigenvalue weighted by Gasteiger charge is 3.16. The second kappa shape index (κ2) is 4.08. The molecular weight excluding hydrogens is 456 g/mol. The fourth-order valence-electron chi connectivity index (χ4n) is 18.6. The van der Waals surface area contributed by atoms with Crippen molar-refractivity contribution in [1.82, 2.24) is 0 Å². The molecule has 0 aromatic heterocycles. The summed E-state index contributed by atoms with van der Waals surface area (Å²) in [6.45, 7) is 0. The summed E-state index contributed by atoms with van der Waals surface area (Å²) in [7, 11) is 0. The second-order valence-electron chi connectivity index (χ2n) is 15.2. The Morgan fingerprint density at radius 3 is 1.30 bits per heavy atom. The summed E-state index contributed by atoms with van der Waals surface area (Å²) in [5, 5.41) is 0. The van der Waals surface area contributed by atoms with Crippen LogP contribution in [0, 0.1) is 80.8 Å². The van der Waals surface area contributed by atoms with Crippen molar-refractivity contribution in [2.45, 2.75) is 23.7 Å². The number of hydrogen-bond donors (Lipinski definition) is 0. The summed E-state index contributed by atoms with van der Waals surface area (Å²) in [6, 6.07) is 19.2. The van der Waals surface area contributed by atoms with Crippen molar-refractivity contribution < 1.29 is 14.3 Å². The SMILES string of the molecule is O=C1OC(=O)[C@H]2[C@@H]1[C@H]1[C@H]3[C@H]4[C@@H]2[C@]25[C@H]6c7ccccc7[C@@H]7[C@@H]8[C@H]6[C@H]6c9ccccc9[C@@H]8[C@@]8([C@@H]3C=C[C@@H]4[C@]628)[C@@]175. The Hall–Kier alpha value is -2.68. The van der Waals surface area contributed by atoms with Gasteiger partial charge in [0.05, 0.1) is 11.8 Å². The predicted octanol–water partition coefficient (Wildman–Crippen LogP) is 4.62. The zero-order valence-corrected chi connectivity index (χ0v) is 20.1. The fraction of sp³-hybridized carbons (Fsp3) is 0.529. The number of ether oxygens (including phenoxy) is 1. The minimum Gasteiger partial charge on any atom is -0.393 e. The highest BCUT2D eigenvalue weighted by Crippen LogP contribution is 3.20. The lowest BCUT2D eigenvalue weighted by atomic mass is 9.14. The molecule has 1 aliphatic heterocycles. The molecule has 3 heteroatoms. The molecule has 16 aliphatic carbocycles. The van der Waals surface area contributed by atoms with Crippen LogP contribution in [-0.2, 0) is 14.3 Å². The molecule has 37 heavy (non-hydrogen) atoms. The van der Waals surface area contributed by atoms with Gasteiger partial charge in [-0.2, -0.15) is 0 Å². The third kappa shape index (κ3) is 0.922. The van der Waals surface area contributed by atoms with Crippen LogP contribution in [0.5, 0.6) is 0 Å². The molecule has 178 valence electrons. The maximum absolute atomic E-state index is 13.6. The predicted molar refractivity (Wildman–Crippen MR) is 129 cm³/mol. The first-order valence-electron chi connectivity index (χ1n) is 14.8. The lowest BCUT2D eigenvalue weighted by molar-refractivity contribution is -0.381. The van der Waals surface area contributed by atoms with Crippen LogP contribution in [0.1, 0.15) is 45.9 Å². The van der Waals surface area contributed by atoms with Crippen LogP contribution in [0.4, 0.5) is 0 Å². The minimum atomic E-state index is -0.171. The Kier molecular flexibility index (Phi) is 1.88. The van der Waals surface area contributed by atoms with E-state index in [2.05, 4.69) is 60.7 Å². The Bertz CT molecular complexity index is 1630. The fourth-order valence-corrected chi connectivity index (χ4v) is 18.6. The first-order valence-corrected chi connectivity index (χ1v) is 14.8. The van der Waals surface area contributed by atoms with Gasteiger partial charge in [-0.3, -0.25) is 9.59 Å². The van der Waals surface area contributed by atoms with Crippen molar-refractivity contribution in [3.8, 4) is 0 Å². The number of carbonyl (C=O) groups is 2. The molecule has 0 N–H and O–H groups in total. The van der Waals surface area contributed by atoms with E-state index in [1.807, 2.05) is 0 Å². The average molecular weight is 481 g/mol. The molecule has 4 spiro atoms. The van der Waals surface area contributed by atoms with Crippen LogP contribution in [-0.4, -0.2) is 11.9 Å². The van der Waals surface area contributed by atoms with Crippen molar-refractivity contribution in [2.24, 2.45) is 80.8 Å². The molecule has 17 aliphatic rings. The normalized spacial score (nSPS) is 68.6. The summed E-state index contributed by atoms with van der Waals surface area (Å²) < 4.78 is 5.63. The van der Waals surface area contributed by atoms with Crippen LogP contribution in [0.25, 0.3) is 0 Å². The van der Waals surface area contributed by atoms with Crippen molar-refractivity contribution in [1.29, 1.82) is 0 Å². The smallest absolute Gasteiger partial charge is 0.317 e. The monoisotopic (exact) mass is 480 g/mol. The maximum Gasteiger partial charge on any atom is 0.317 e. The molecule has 0 amide bonds. The average Bonchev–Trinajstić information content (AvgIpc) is 3.49. The van der Waals surface area contributed by atoms with Gasteiger partial charge < -0.3 is 4.74 Å². The molecular formula is C34H24O3. The van der Waals surface area contributed by atoms with Gasteiger partial charge in [-0.15, -0.1) is 0 Å². The van der Waals surface area contributed by atoms with Gasteiger partial charge in [0.1, 0.15) is 0 Å². The number of cyclic esters (lactones) is 2. The first kappa shape index (κ1) is 17.0. The standard InChI is InChI=1S/C34H24O3/c35-29-21-22(30(36)37-29)28-18-16-10-9-15-17(18)27(21)33-25-13-7-3-4-8-14(13)26-20-19(25)23-11-5-1-2-6-12(11)24(20)32(16,31(15,23)33)34(26,28)33/h1-10,15-28H/t15-,16+,17-,18+,19-,20+,21-,22+,23+,24-,25-,26+,27-,28+,31-,32-,33+,34-/m1/s1. The largest absolute Gasteiger partial charge is 0.393 e. The molecule has 0 radical (unpaired) electrons. The molecule has 10 saturated carbocycles. The van der Waals surface area contributed by atoms with Crippen molar-refractivity contribution in [2.75, 3.05) is 0 Å². The van der Waals surface area contributed by atoms with Gasteiger partial charge in [0, 0.05) is 0 Å². The van der Waals surface area contributed by atoms with Gasteiger partial charge in [-0.1, -0.05) is 60.7 Å². The molecule has 11 fully saturated rings. The van der Waals surface area contributed by atoms with Gasteiger partial charge in [-0.25, -0.2) is 0 Å². The highest BCUT2D eigenvalue weighted by atomic mass is 16.6. The Balaban J connectivity index is 1.27. The van der Waals surface area contributed by atoms with E-state index in [0.29, 0.717) is 81.8 Å². The Morgan fingerprint density at radius 2 is 0.892 bits per heavy atom. The summed E-state index contributed by atoms with van der Waals surface area (Å²) >= 11 is 0. The van der Waals surface area contributed by atoms with E-state index in [-0.39, 0.29) is 34.6 Å². The molecule has 2 aromatic rings. The van der Waals surface area contributed by atoms with Gasteiger partial charge >= 0.3 is 11.9 Å². The lowest BCUT2D eigenvalue weighted by Gasteiger charge is -2.87. The zero-order valence-electron chi connectivity index (χ0n) is 20.1. The van der Waals surface area contributed by atoms with Crippen molar-refractivity contribution >= 4 is 11.9 Å². The van der Waals surface area contributed by atoms with E-state index in [1.54, 1.807) is 22.3 Å². The van der Waals surface area contributed by atoms with Crippen LogP contribution < -0.4 is 0 Å². The second-order valence-corrected chi connectivity index (χ2v) is 15.2. The number of esters is 2. The lowest BCUT2D eigenvalue weighted by Crippen LogP contribution is -2.85. The Morgan fingerprint density at radius 1 is 0.514 bits per heavy atom. The van der Waals surface area contributed by atoms with E-state index >= 15 is 0 Å². The van der Waals surface area contributed by atoms with Gasteiger partial charge in [0.25, 0.3) is 0 Å². The maximum atomic E-state index is 13.6. The van der Waals surface area contributed by atoms with Crippen LogP contribution >= 0.6 is 0 Å². The zero-order chi connectivity index (χ0) is 23.3. The van der Waals surface area contributed by atoms with E-state index in [9.17, 15) is 9.59 Å². The molecule has 16 bridgehead atoms. The number of benzene rings is 2. The van der Waals surface area contributed by atoms with Gasteiger partial charge in [-0.05, 0) is 115 Å². The third-order valence-electron chi connectivity index (χ3n) is 16.7. The van der Waals surface area contributed by atoms with E-state index < -0.39 is 0 Å². The molecule has 1 saturated heterocycles. The molecule has 3 nitrogen and oxygen atoms in total. The molecule has 19 rings (SSSR count). The molecule has 1 heterocycles. The number of hydrogen-bond acceptors (Lipinski definition) is 3. The van der Waals surface area contributed by atoms with Crippen LogP contribution in [0.3, 0.4) is 0 Å². The van der Waals surface area contributed by atoms with Crippen molar-refractivity contribution in [3.05, 3.63) is 82.9 Å². The summed E-state index contributed by atoms with van der Waals surface area (Å²) in [5.74, 6) is 6.19. The van der Waals surface area contributed by atoms with Gasteiger partial charge in [0.15, 0.2) is 0 Å². The molecule has 0 unspecified atom stereocenters. The van der Waals surface area contributed by atoms with E-state index in [0.717, 1.165) is 0 Å².